The number of benzene rings is 2. The van der Waals surface area contributed by atoms with Gasteiger partial charge in [-0.1, -0.05) is 48.5 Å². The van der Waals surface area contributed by atoms with Gasteiger partial charge in [0, 0.05) is 23.9 Å². The number of sulfonamides is 2. The second kappa shape index (κ2) is 10.7. The number of aromatic nitrogens is 1. The second-order valence-electron chi connectivity index (χ2n) is 9.65. The van der Waals surface area contributed by atoms with Gasteiger partial charge in [0.15, 0.2) is 0 Å². The van der Waals surface area contributed by atoms with Crippen LogP contribution in [0.15, 0.2) is 79.0 Å². The number of nitrogens with zero attached hydrogens (tertiary/aromatic N) is 3. The summed E-state index contributed by atoms with van der Waals surface area (Å²) in [5.41, 5.74) is 3.66. The highest BCUT2D eigenvalue weighted by molar-refractivity contribution is 8.09. The standard InChI is InChI=1S/C27H33N3O4S2/c1-35(31,32)30(36(2,33)34)25-13-11-24(12-14-25)22-29-20-17-27(18-21-29,26-10-6-7-19-28-26)16-15-23-8-4-3-5-9-23/h3-14,19H,15-18,20-22H2,1-2H3. The molecule has 1 aliphatic rings. The van der Waals surface area contributed by atoms with Crippen LogP contribution in [-0.2, 0) is 38.4 Å². The molecule has 0 spiro atoms. The summed E-state index contributed by atoms with van der Waals surface area (Å²) in [6, 6.07) is 23.5. The van der Waals surface area contributed by atoms with Crippen molar-refractivity contribution in [2.75, 3.05) is 29.3 Å². The van der Waals surface area contributed by atoms with Gasteiger partial charge in [0.2, 0.25) is 20.0 Å². The van der Waals surface area contributed by atoms with Crippen LogP contribution in [0.3, 0.4) is 0 Å². The van der Waals surface area contributed by atoms with Crippen molar-refractivity contribution in [2.24, 2.45) is 0 Å². The summed E-state index contributed by atoms with van der Waals surface area (Å²) in [6.07, 6.45) is 7.72. The number of hydrogen-bond acceptors (Lipinski definition) is 6. The molecule has 0 amide bonds. The average Bonchev–Trinajstić information content (AvgIpc) is 2.84. The average molecular weight is 528 g/mol. The third-order valence-electron chi connectivity index (χ3n) is 6.91. The van der Waals surface area contributed by atoms with Crippen molar-refractivity contribution in [1.29, 1.82) is 0 Å². The van der Waals surface area contributed by atoms with Crippen LogP contribution in [0, 0.1) is 0 Å². The molecule has 3 aromatic rings. The molecule has 1 aliphatic heterocycles. The molecule has 9 heteroatoms. The van der Waals surface area contributed by atoms with Crippen molar-refractivity contribution in [3.05, 3.63) is 95.8 Å². The number of likely N-dealkylation sites (tertiary alicyclic amines) is 1. The van der Waals surface area contributed by atoms with E-state index >= 15 is 0 Å². The molecule has 36 heavy (non-hydrogen) atoms. The maximum absolute atomic E-state index is 12.0. The molecule has 192 valence electrons. The van der Waals surface area contributed by atoms with Gasteiger partial charge in [-0.25, -0.2) is 16.8 Å². The highest BCUT2D eigenvalue weighted by Crippen LogP contribution is 2.39. The molecule has 2 heterocycles. The zero-order chi connectivity index (χ0) is 25.8. The monoisotopic (exact) mass is 527 g/mol. The Kier molecular flexibility index (Phi) is 7.82. The molecule has 0 aliphatic carbocycles. The predicted molar refractivity (Wildman–Crippen MR) is 144 cm³/mol. The molecule has 0 unspecified atom stereocenters. The minimum Gasteiger partial charge on any atom is -0.299 e. The lowest BCUT2D eigenvalue weighted by atomic mass is 9.71. The van der Waals surface area contributed by atoms with Crippen LogP contribution in [0.1, 0.15) is 36.1 Å². The molecule has 1 fully saturated rings. The van der Waals surface area contributed by atoms with Crippen LogP contribution < -0.4 is 3.71 Å². The molecule has 2 aromatic carbocycles. The maximum Gasteiger partial charge on any atom is 0.245 e. The topological polar surface area (TPSA) is 87.7 Å². The minimum atomic E-state index is -3.95. The van der Waals surface area contributed by atoms with E-state index in [1.165, 1.54) is 5.56 Å². The van der Waals surface area contributed by atoms with Crippen molar-refractivity contribution in [2.45, 2.75) is 37.6 Å². The van der Waals surface area contributed by atoms with Gasteiger partial charge < -0.3 is 0 Å². The number of anilines is 1. The molecular weight excluding hydrogens is 494 g/mol. The Morgan fingerprint density at radius 3 is 1.97 bits per heavy atom. The van der Waals surface area contributed by atoms with E-state index in [2.05, 4.69) is 41.3 Å². The fourth-order valence-corrected chi connectivity index (χ4v) is 8.07. The van der Waals surface area contributed by atoms with E-state index in [9.17, 15) is 16.8 Å². The van der Waals surface area contributed by atoms with E-state index in [0.717, 1.165) is 69.1 Å². The van der Waals surface area contributed by atoms with Crippen LogP contribution in [-0.4, -0.2) is 52.3 Å². The van der Waals surface area contributed by atoms with E-state index in [1.54, 1.807) is 24.3 Å². The molecule has 1 saturated heterocycles. The van der Waals surface area contributed by atoms with Crippen LogP contribution in [0.4, 0.5) is 5.69 Å². The fraction of sp³-hybridized carbons (Fsp3) is 0.370. The summed E-state index contributed by atoms with van der Waals surface area (Å²) in [5.74, 6) is 0. The number of pyridine rings is 1. The summed E-state index contributed by atoms with van der Waals surface area (Å²) in [6.45, 7) is 2.56. The Balaban J connectivity index is 1.45. The normalized spacial score (nSPS) is 16.5. The third kappa shape index (κ3) is 6.32. The molecular formula is C27H33N3O4S2. The number of rotatable bonds is 9. The molecule has 0 atom stereocenters. The van der Waals surface area contributed by atoms with Crippen LogP contribution >= 0.6 is 0 Å². The van der Waals surface area contributed by atoms with Gasteiger partial charge in [-0.2, -0.15) is 3.71 Å². The summed E-state index contributed by atoms with van der Waals surface area (Å²) in [5, 5.41) is 0. The number of hydrogen-bond donors (Lipinski definition) is 0. The Labute approximate surface area is 214 Å². The summed E-state index contributed by atoms with van der Waals surface area (Å²) >= 11 is 0. The highest BCUT2D eigenvalue weighted by Gasteiger charge is 2.37. The highest BCUT2D eigenvalue weighted by atomic mass is 32.3. The van der Waals surface area contributed by atoms with E-state index in [0.29, 0.717) is 3.71 Å². The molecule has 0 radical (unpaired) electrons. The smallest absolute Gasteiger partial charge is 0.245 e. The van der Waals surface area contributed by atoms with Gasteiger partial charge in [0.25, 0.3) is 0 Å². The minimum absolute atomic E-state index is 0.0307. The molecule has 1 aromatic heterocycles. The zero-order valence-electron chi connectivity index (χ0n) is 20.7. The van der Waals surface area contributed by atoms with Gasteiger partial charge in [-0.15, -0.1) is 0 Å². The Morgan fingerprint density at radius 2 is 1.42 bits per heavy atom. The molecule has 0 saturated carbocycles. The lowest BCUT2D eigenvalue weighted by Crippen LogP contribution is -2.43. The van der Waals surface area contributed by atoms with Gasteiger partial charge in [0.05, 0.1) is 18.2 Å². The molecule has 7 nitrogen and oxygen atoms in total. The Hall–Kier alpha value is -2.75. The predicted octanol–water partition coefficient (Wildman–Crippen LogP) is 3.97. The van der Waals surface area contributed by atoms with E-state index in [4.69, 9.17) is 4.98 Å². The largest absolute Gasteiger partial charge is 0.299 e. The van der Waals surface area contributed by atoms with Gasteiger partial charge in [-0.05, 0) is 74.2 Å². The maximum atomic E-state index is 12.0. The van der Waals surface area contributed by atoms with Crippen LogP contribution in [0.25, 0.3) is 0 Å². The van der Waals surface area contributed by atoms with Crippen molar-refractivity contribution in [3.8, 4) is 0 Å². The summed E-state index contributed by atoms with van der Waals surface area (Å²) < 4.78 is 48.6. The number of piperidine rings is 1. The van der Waals surface area contributed by atoms with Gasteiger partial charge in [-0.3, -0.25) is 9.88 Å². The van der Waals surface area contributed by atoms with Crippen molar-refractivity contribution >= 4 is 25.7 Å². The first kappa shape index (κ1) is 26.3. The SMILES string of the molecule is CS(=O)(=O)N(c1ccc(CN2CCC(CCc3ccccc3)(c3ccccn3)CC2)cc1)S(C)(=O)=O. The van der Waals surface area contributed by atoms with Crippen molar-refractivity contribution in [3.63, 3.8) is 0 Å². The summed E-state index contributed by atoms with van der Waals surface area (Å²) in [4.78, 5) is 7.13. The summed E-state index contributed by atoms with van der Waals surface area (Å²) in [7, 11) is -7.90. The lowest BCUT2D eigenvalue weighted by Gasteiger charge is -2.42. The number of aryl methyl sites for hydroxylation is 1. The first-order valence-corrected chi connectivity index (χ1v) is 15.7. The lowest BCUT2D eigenvalue weighted by molar-refractivity contribution is 0.143. The third-order valence-corrected chi connectivity index (χ3v) is 10.2. The molecule has 0 bridgehead atoms. The molecule has 4 rings (SSSR count). The first-order valence-electron chi connectivity index (χ1n) is 12.0. The van der Waals surface area contributed by atoms with Gasteiger partial charge in [0.1, 0.15) is 0 Å². The van der Waals surface area contributed by atoms with Crippen LogP contribution in [0.5, 0.6) is 0 Å². The second-order valence-corrected chi connectivity index (χ2v) is 13.5. The Bertz CT molecular complexity index is 1320. The van der Waals surface area contributed by atoms with E-state index in [1.807, 2.05) is 18.3 Å². The molecule has 0 N–H and O–H groups in total. The zero-order valence-corrected chi connectivity index (χ0v) is 22.4. The quantitative estimate of drug-likeness (QED) is 0.418. The van der Waals surface area contributed by atoms with Gasteiger partial charge >= 0.3 is 0 Å². The van der Waals surface area contributed by atoms with Crippen molar-refractivity contribution in [1.82, 2.24) is 9.88 Å². The van der Waals surface area contributed by atoms with E-state index < -0.39 is 20.0 Å². The fourth-order valence-electron chi connectivity index (χ4n) is 5.09. The Morgan fingerprint density at radius 1 is 0.806 bits per heavy atom. The van der Waals surface area contributed by atoms with Crippen molar-refractivity contribution < 1.29 is 16.8 Å². The first-order chi connectivity index (χ1) is 17.1. The van der Waals surface area contributed by atoms with Crippen LogP contribution in [0.2, 0.25) is 0 Å². The van der Waals surface area contributed by atoms with E-state index in [-0.39, 0.29) is 11.1 Å².